The minimum Gasteiger partial charge on any atom is -0.431 e. The predicted molar refractivity (Wildman–Crippen MR) is 34.0 cm³/mol. The molecule has 0 aliphatic rings. The Morgan fingerprint density at radius 3 is 2.20 bits per heavy atom. The molecule has 0 aromatic heterocycles. The maximum absolute atomic E-state index is 10.3. The maximum atomic E-state index is 10.3. The molecule has 0 rings (SSSR count). The third-order valence-corrected chi connectivity index (χ3v) is 0.573. The van der Waals surface area contributed by atoms with Crippen molar-refractivity contribution < 1.29 is 19.1 Å². The molecule has 0 saturated heterocycles. The van der Waals surface area contributed by atoms with Crippen molar-refractivity contribution >= 4 is 23.2 Å². The molecule has 0 saturated carbocycles. The smallest absolute Gasteiger partial charge is 0.431 e. The molecule has 0 amide bonds. The Bertz CT molecular complexity index is 143. The summed E-state index contributed by atoms with van der Waals surface area (Å²) in [4.78, 5) is 20.2. The van der Waals surface area contributed by atoms with E-state index in [2.05, 4.69) is 9.47 Å². The molecule has 0 unspecified atom stereocenters. The van der Waals surface area contributed by atoms with Gasteiger partial charge in [0.15, 0.2) is 0 Å². The van der Waals surface area contributed by atoms with Crippen LogP contribution in [-0.2, 0) is 9.47 Å². The number of carbonyl (C=O) groups is 2. The summed E-state index contributed by atoms with van der Waals surface area (Å²) in [5.74, 6) is 0. The summed E-state index contributed by atoms with van der Waals surface area (Å²) >= 11 is 4.69. The Morgan fingerprint density at radius 1 is 1.40 bits per heavy atom. The quantitative estimate of drug-likeness (QED) is 0.339. The third kappa shape index (κ3) is 5.37. The number of ether oxygens (including phenoxy) is 2. The largest absolute Gasteiger partial charge is 0.517 e. The highest BCUT2D eigenvalue weighted by Gasteiger charge is 2.09. The van der Waals surface area contributed by atoms with Crippen LogP contribution in [0.4, 0.5) is 9.59 Å². The van der Waals surface area contributed by atoms with E-state index in [9.17, 15) is 9.59 Å². The summed E-state index contributed by atoms with van der Waals surface area (Å²) < 4.78 is 8.22. The summed E-state index contributed by atoms with van der Waals surface area (Å²) in [6, 6.07) is 0. The lowest BCUT2D eigenvalue weighted by Crippen LogP contribution is -2.13. The molecule has 0 aliphatic carbocycles. The van der Waals surface area contributed by atoms with E-state index >= 15 is 0 Å². The Morgan fingerprint density at radius 2 is 1.90 bits per heavy atom. The molecule has 0 bridgehead atoms. The molecule has 0 aromatic carbocycles. The second-order valence-corrected chi connectivity index (χ2v) is 2.06. The SMILES string of the molecule is CC(C)OC(=O)OC(=O)Cl. The molecule has 58 valence electrons. The summed E-state index contributed by atoms with van der Waals surface area (Å²) in [5.41, 5.74) is -1.19. The summed E-state index contributed by atoms with van der Waals surface area (Å²) in [7, 11) is 0. The fourth-order valence-corrected chi connectivity index (χ4v) is 0.345. The van der Waals surface area contributed by atoms with Crippen molar-refractivity contribution in [1.82, 2.24) is 0 Å². The van der Waals surface area contributed by atoms with E-state index < -0.39 is 11.6 Å². The van der Waals surface area contributed by atoms with Crippen LogP contribution < -0.4 is 0 Å². The summed E-state index contributed by atoms with van der Waals surface area (Å²) in [6.07, 6.45) is -1.39. The van der Waals surface area contributed by atoms with Crippen LogP contribution in [0.1, 0.15) is 13.8 Å². The molecule has 5 heteroatoms. The van der Waals surface area contributed by atoms with Gasteiger partial charge in [-0.15, -0.1) is 0 Å². The van der Waals surface area contributed by atoms with Gasteiger partial charge in [-0.3, -0.25) is 0 Å². The van der Waals surface area contributed by atoms with Gasteiger partial charge in [-0.25, -0.2) is 9.59 Å². The number of hydrogen-bond acceptors (Lipinski definition) is 4. The second-order valence-electron chi connectivity index (χ2n) is 1.76. The van der Waals surface area contributed by atoms with Crippen LogP contribution in [-0.4, -0.2) is 17.7 Å². The van der Waals surface area contributed by atoms with Gasteiger partial charge in [0.1, 0.15) is 0 Å². The average molecular weight is 167 g/mol. The fourth-order valence-electron chi connectivity index (χ4n) is 0.282. The summed E-state index contributed by atoms with van der Waals surface area (Å²) in [5, 5.41) is 0. The molecule has 0 N–H and O–H groups in total. The van der Waals surface area contributed by atoms with E-state index in [-0.39, 0.29) is 6.10 Å². The van der Waals surface area contributed by atoms with Crippen LogP contribution in [0, 0.1) is 0 Å². The molecule has 0 spiro atoms. The monoisotopic (exact) mass is 166 g/mol. The normalized spacial score (nSPS) is 9.20. The Kier molecular flexibility index (Phi) is 3.79. The lowest BCUT2D eigenvalue weighted by Gasteiger charge is -2.04. The van der Waals surface area contributed by atoms with Crippen molar-refractivity contribution in [2.24, 2.45) is 0 Å². The van der Waals surface area contributed by atoms with Crippen molar-refractivity contribution in [3.05, 3.63) is 0 Å². The number of rotatable bonds is 1. The molecule has 10 heavy (non-hydrogen) atoms. The van der Waals surface area contributed by atoms with E-state index in [4.69, 9.17) is 11.6 Å². The van der Waals surface area contributed by atoms with Crippen LogP contribution >= 0.6 is 11.6 Å². The van der Waals surface area contributed by atoms with Gasteiger partial charge in [0.2, 0.25) is 0 Å². The number of carbonyl (C=O) groups excluding carboxylic acids is 2. The molecule has 0 aromatic rings. The van der Waals surface area contributed by atoms with Gasteiger partial charge in [-0.1, -0.05) is 0 Å². The van der Waals surface area contributed by atoms with Gasteiger partial charge in [0.05, 0.1) is 6.10 Å². The van der Waals surface area contributed by atoms with Crippen LogP contribution in [0.2, 0.25) is 0 Å². The number of hydrogen-bond donors (Lipinski definition) is 0. The fraction of sp³-hybridized carbons (Fsp3) is 0.600. The van der Waals surface area contributed by atoms with E-state index in [1.54, 1.807) is 13.8 Å². The van der Waals surface area contributed by atoms with Crippen molar-refractivity contribution in [1.29, 1.82) is 0 Å². The minimum absolute atomic E-state index is 0.316. The molecule has 0 heterocycles. The molecule has 0 aliphatic heterocycles. The highest BCUT2D eigenvalue weighted by molar-refractivity contribution is 6.61. The molecular weight excluding hydrogens is 160 g/mol. The van der Waals surface area contributed by atoms with Gasteiger partial charge in [0, 0.05) is 11.6 Å². The maximum Gasteiger partial charge on any atom is 0.517 e. The van der Waals surface area contributed by atoms with Gasteiger partial charge in [0.25, 0.3) is 0 Å². The van der Waals surface area contributed by atoms with Gasteiger partial charge < -0.3 is 9.47 Å². The first-order chi connectivity index (χ1) is 4.52. The van der Waals surface area contributed by atoms with E-state index in [1.807, 2.05) is 0 Å². The first-order valence-electron chi connectivity index (χ1n) is 2.60. The molecule has 0 atom stereocenters. The topological polar surface area (TPSA) is 52.6 Å². The van der Waals surface area contributed by atoms with E-state index in [0.717, 1.165) is 0 Å². The molecule has 0 fully saturated rings. The Hall–Kier alpha value is -0.770. The Balaban J connectivity index is 3.54. The zero-order valence-electron chi connectivity index (χ0n) is 5.59. The Labute approximate surface area is 63.1 Å². The minimum atomic E-state index is -1.19. The van der Waals surface area contributed by atoms with Crippen LogP contribution in [0.3, 0.4) is 0 Å². The van der Waals surface area contributed by atoms with Gasteiger partial charge >= 0.3 is 11.6 Å². The van der Waals surface area contributed by atoms with Gasteiger partial charge in [-0.05, 0) is 13.8 Å². The zero-order chi connectivity index (χ0) is 8.15. The van der Waals surface area contributed by atoms with Crippen molar-refractivity contribution in [2.45, 2.75) is 20.0 Å². The van der Waals surface area contributed by atoms with Crippen LogP contribution in [0.15, 0.2) is 0 Å². The molecule has 4 nitrogen and oxygen atoms in total. The first kappa shape index (κ1) is 9.23. The van der Waals surface area contributed by atoms with E-state index in [0.29, 0.717) is 0 Å². The van der Waals surface area contributed by atoms with Crippen LogP contribution in [0.5, 0.6) is 0 Å². The predicted octanol–water partition coefficient (Wildman–Crippen LogP) is 1.91. The van der Waals surface area contributed by atoms with E-state index in [1.165, 1.54) is 0 Å². The van der Waals surface area contributed by atoms with Crippen molar-refractivity contribution in [3.63, 3.8) is 0 Å². The highest BCUT2D eigenvalue weighted by Crippen LogP contribution is 1.95. The first-order valence-corrected chi connectivity index (χ1v) is 2.98. The lowest BCUT2D eigenvalue weighted by molar-refractivity contribution is 0.0602. The number of halogens is 1. The van der Waals surface area contributed by atoms with Gasteiger partial charge in [-0.2, -0.15) is 0 Å². The summed E-state index contributed by atoms with van der Waals surface area (Å²) in [6.45, 7) is 3.25. The second kappa shape index (κ2) is 4.11. The van der Waals surface area contributed by atoms with Crippen LogP contribution in [0.25, 0.3) is 0 Å². The third-order valence-electron chi connectivity index (χ3n) is 0.496. The average Bonchev–Trinajstić information content (AvgIpc) is 1.58. The highest BCUT2D eigenvalue weighted by atomic mass is 35.5. The zero-order valence-corrected chi connectivity index (χ0v) is 6.34. The van der Waals surface area contributed by atoms with Crippen molar-refractivity contribution in [3.8, 4) is 0 Å². The standard InChI is InChI=1S/C5H7ClO4/c1-3(2)9-5(8)10-4(6)7/h3H,1-2H3. The lowest BCUT2D eigenvalue weighted by atomic mass is 10.5. The molecule has 0 radical (unpaired) electrons. The molecular formula is C5H7ClO4. The van der Waals surface area contributed by atoms with Crippen molar-refractivity contribution in [2.75, 3.05) is 0 Å².